The second-order valence-corrected chi connectivity index (χ2v) is 32.8. The van der Waals surface area contributed by atoms with Crippen LogP contribution >= 0.6 is 0 Å². The summed E-state index contributed by atoms with van der Waals surface area (Å²) in [7, 11) is 0. The first-order valence-electron chi connectivity index (χ1n) is 36.9. The molecular formula is C102H80. The molecule has 0 bridgehead atoms. The van der Waals surface area contributed by atoms with Gasteiger partial charge in [-0.2, -0.15) is 0 Å². The molecule has 488 valence electrons. The van der Waals surface area contributed by atoms with Crippen molar-refractivity contribution < 1.29 is 0 Å². The molecule has 18 aromatic rings. The van der Waals surface area contributed by atoms with Gasteiger partial charge < -0.3 is 0 Å². The molecular weight excluding hydrogens is 1230 g/mol. The van der Waals surface area contributed by atoms with Crippen LogP contribution in [0.15, 0.2) is 279 Å². The van der Waals surface area contributed by atoms with E-state index in [9.17, 15) is 0 Å². The molecule has 0 radical (unpaired) electrons. The molecule has 102 heavy (non-hydrogen) atoms. The molecule has 0 heterocycles. The lowest BCUT2D eigenvalue weighted by molar-refractivity contribution is 0.592. The molecule has 0 spiro atoms. The zero-order valence-corrected chi connectivity index (χ0v) is 60.1. The summed E-state index contributed by atoms with van der Waals surface area (Å²) in [5, 5.41) is 24.3. The first-order valence-corrected chi connectivity index (χ1v) is 36.9. The molecule has 0 aliphatic heterocycles. The molecule has 0 saturated carbocycles. The summed E-state index contributed by atoms with van der Waals surface area (Å²) >= 11 is 0. The van der Waals surface area contributed by atoms with Crippen molar-refractivity contribution in [1.29, 1.82) is 0 Å². The van der Waals surface area contributed by atoms with Gasteiger partial charge >= 0.3 is 0 Å². The Hall–Kier alpha value is -11.2. The molecule has 0 N–H and O–H groups in total. The van der Waals surface area contributed by atoms with Gasteiger partial charge in [-0.05, 0) is 267 Å². The summed E-state index contributed by atoms with van der Waals surface area (Å²) in [6.07, 6.45) is 0. The maximum absolute atomic E-state index is 2.49. The molecule has 3 aliphatic carbocycles. The maximum atomic E-state index is 2.49. The highest BCUT2D eigenvalue weighted by molar-refractivity contribution is 6.37. The van der Waals surface area contributed by atoms with Gasteiger partial charge in [0.15, 0.2) is 0 Å². The quantitative estimate of drug-likeness (QED) is 0.119. The van der Waals surface area contributed by atoms with Gasteiger partial charge in [0.1, 0.15) is 0 Å². The molecule has 0 nitrogen and oxygen atoms in total. The number of fused-ring (bicyclic) bond motifs is 16. The largest absolute Gasteiger partial charge is 0.0619 e. The third kappa shape index (κ3) is 8.56. The van der Waals surface area contributed by atoms with E-state index in [1.807, 2.05) is 0 Å². The van der Waals surface area contributed by atoms with E-state index >= 15 is 0 Å². The molecule has 0 saturated heterocycles. The lowest BCUT2D eigenvalue weighted by atomic mass is 9.79. The molecule has 0 fully saturated rings. The topological polar surface area (TPSA) is 0 Å². The molecule has 0 amide bonds. The van der Waals surface area contributed by atoms with E-state index in [4.69, 9.17) is 0 Å². The number of benzene rings is 18. The minimum atomic E-state index is -0.133. The van der Waals surface area contributed by atoms with Crippen LogP contribution < -0.4 is 0 Å². The van der Waals surface area contributed by atoms with Crippen molar-refractivity contribution in [3.8, 4) is 77.9 Å². The third-order valence-electron chi connectivity index (χ3n) is 24.8. The Bertz CT molecular complexity index is 6640. The molecule has 0 atom stereocenters. The van der Waals surface area contributed by atoms with Crippen molar-refractivity contribution in [2.75, 3.05) is 0 Å². The van der Waals surface area contributed by atoms with Gasteiger partial charge in [0.25, 0.3) is 0 Å². The highest BCUT2D eigenvalue weighted by Crippen LogP contribution is 2.56. The fraction of sp³-hybridized carbons (Fsp3) is 0.157. The van der Waals surface area contributed by atoms with Crippen LogP contribution in [0.25, 0.3) is 175 Å². The van der Waals surface area contributed by atoms with E-state index < -0.39 is 0 Å². The van der Waals surface area contributed by atoms with E-state index in [0.717, 1.165) is 0 Å². The Kier molecular flexibility index (Phi) is 12.8. The van der Waals surface area contributed by atoms with Crippen LogP contribution in [-0.2, 0) is 21.7 Å². The Labute approximate surface area is 598 Å². The van der Waals surface area contributed by atoms with Crippen molar-refractivity contribution in [3.63, 3.8) is 0 Å². The van der Waals surface area contributed by atoms with E-state index in [1.165, 1.54) is 219 Å². The van der Waals surface area contributed by atoms with Crippen LogP contribution in [0.2, 0.25) is 0 Å². The van der Waals surface area contributed by atoms with E-state index in [1.54, 1.807) is 0 Å². The maximum Gasteiger partial charge on any atom is 0.0159 e. The van der Waals surface area contributed by atoms with Gasteiger partial charge in [0.05, 0.1) is 0 Å². The van der Waals surface area contributed by atoms with Gasteiger partial charge in [-0.15, -0.1) is 0 Å². The van der Waals surface area contributed by atoms with E-state index in [-0.39, 0.29) is 21.7 Å². The van der Waals surface area contributed by atoms with Crippen molar-refractivity contribution in [1.82, 2.24) is 0 Å². The van der Waals surface area contributed by atoms with Crippen LogP contribution in [0.3, 0.4) is 0 Å². The molecule has 0 unspecified atom stereocenters. The predicted octanol–water partition coefficient (Wildman–Crippen LogP) is 28.6. The van der Waals surface area contributed by atoms with Gasteiger partial charge in [0, 0.05) is 16.2 Å². The zero-order chi connectivity index (χ0) is 69.2. The second kappa shape index (κ2) is 21.4. The minimum absolute atomic E-state index is 0.0157. The Morgan fingerprint density at radius 2 is 0.569 bits per heavy atom. The summed E-state index contributed by atoms with van der Waals surface area (Å²) in [6, 6.07) is 107. The third-order valence-corrected chi connectivity index (χ3v) is 24.8. The standard InChI is InChI=1S/C54H44.C48H36/c1-52(2,3)35-26-34-19-23-43-36(24-25-44-37-12-8-9-13-38(37)45(30-35)50(34)51(43)44)33-18-22-42-41-21-17-32(28-48(41)54(6,7)49(42)29-33)31-16-20-40-39-14-10-11-15-46(39)53(4,5)47(40)27-31;1-28(2)32-20-22-42-36-13-7-8-14-37(36)43-23-21-35(41-25-24-40(32)46(42)47(41)43)31-17-19-39-38-18-16-30(26-44(38)48(3,4)45(39)27-31)34-15-9-11-29-10-5-6-12-33(29)34/h8-30H,1-7H3;5-28H,1-4H3. The molecule has 18 aromatic carbocycles. The lowest BCUT2D eigenvalue weighted by Gasteiger charge is -2.24. The molecule has 0 heteroatoms. The lowest BCUT2D eigenvalue weighted by Crippen LogP contribution is -2.15. The van der Waals surface area contributed by atoms with Crippen molar-refractivity contribution >= 4 is 97.0 Å². The summed E-state index contributed by atoms with van der Waals surface area (Å²) in [6.45, 7) is 25.9. The van der Waals surface area contributed by atoms with Crippen LogP contribution in [-0.4, -0.2) is 0 Å². The van der Waals surface area contributed by atoms with Gasteiger partial charge in [-0.1, -0.05) is 319 Å². The smallest absolute Gasteiger partial charge is 0.0159 e. The SMILES string of the molecule is CC(C)(C)c1cc2ccc3c(-c4ccc5c(c4)C(C)(C)c4cc(-c6ccc7c(c6)C(C)(C)c6ccccc6-7)ccc4-5)ccc4c5ccccc5c(c1)c2c34.CC(C)c1ccc2c3ccccc3c3ccc(-c4ccc5c(c4)C(C)(C)c4cc(-c6cccc7ccccc67)ccc4-5)c4ccc1c2c43. The predicted molar refractivity (Wildman–Crippen MR) is 440 cm³/mol. The fourth-order valence-electron chi connectivity index (χ4n) is 19.4. The highest BCUT2D eigenvalue weighted by Gasteiger charge is 2.39. The first-order chi connectivity index (χ1) is 49.3. The van der Waals surface area contributed by atoms with Crippen molar-refractivity contribution in [3.05, 3.63) is 324 Å². The Morgan fingerprint density at radius 3 is 1.08 bits per heavy atom. The van der Waals surface area contributed by atoms with Gasteiger partial charge in [-0.3, -0.25) is 0 Å². The van der Waals surface area contributed by atoms with E-state index in [0.29, 0.717) is 5.92 Å². The fourth-order valence-corrected chi connectivity index (χ4v) is 19.4. The summed E-state index contributed by atoms with van der Waals surface area (Å²) in [5.41, 5.74) is 29.6. The number of hydrogen-bond acceptors (Lipinski definition) is 0. The molecule has 0 aromatic heterocycles. The van der Waals surface area contributed by atoms with Gasteiger partial charge in [-0.25, -0.2) is 0 Å². The summed E-state index contributed by atoms with van der Waals surface area (Å²) in [5.74, 6) is 0.460. The van der Waals surface area contributed by atoms with Gasteiger partial charge in [0.2, 0.25) is 0 Å². The average Bonchev–Trinajstić information content (AvgIpc) is 1.09. The first kappa shape index (κ1) is 60.8. The number of hydrogen-bond donors (Lipinski definition) is 0. The van der Waals surface area contributed by atoms with Crippen LogP contribution in [0.5, 0.6) is 0 Å². The average molecular weight is 1310 g/mol. The van der Waals surface area contributed by atoms with Crippen molar-refractivity contribution in [2.24, 2.45) is 0 Å². The summed E-state index contributed by atoms with van der Waals surface area (Å²) < 4.78 is 0. The van der Waals surface area contributed by atoms with Crippen molar-refractivity contribution in [2.45, 2.75) is 104 Å². The normalized spacial score (nSPS) is 14.5. The number of rotatable bonds is 5. The minimum Gasteiger partial charge on any atom is -0.0619 e. The monoisotopic (exact) mass is 1300 g/mol. The highest BCUT2D eigenvalue weighted by atomic mass is 14.4. The zero-order valence-electron chi connectivity index (χ0n) is 60.1. The summed E-state index contributed by atoms with van der Waals surface area (Å²) in [4.78, 5) is 0. The van der Waals surface area contributed by atoms with Crippen LogP contribution in [0.1, 0.15) is 127 Å². The van der Waals surface area contributed by atoms with E-state index in [2.05, 4.69) is 355 Å². The molecule has 21 rings (SSSR count). The van der Waals surface area contributed by atoms with Crippen LogP contribution in [0.4, 0.5) is 0 Å². The second-order valence-electron chi connectivity index (χ2n) is 32.8. The van der Waals surface area contributed by atoms with Crippen LogP contribution in [0, 0.1) is 0 Å². The Morgan fingerprint density at radius 1 is 0.225 bits per heavy atom. The molecule has 3 aliphatic rings. The Balaban J connectivity index is 0.000000138.